The Morgan fingerprint density at radius 1 is 1.32 bits per heavy atom. The minimum Gasteiger partial charge on any atom is -0.488 e. The van der Waals surface area contributed by atoms with E-state index in [0.29, 0.717) is 18.4 Å². The fraction of sp³-hybridized carbons (Fsp3) is 0.500. The Bertz CT molecular complexity index is 460. The van der Waals surface area contributed by atoms with E-state index < -0.39 is 17.0 Å². The molecule has 0 bridgehead atoms. The quantitative estimate of drug-likeness (QED) is 0.573. The van der Waals surface area contributed by atoms with Crippen LogP contribution in [-0.4, -0.2) is 6.61 Å². The first-order chi connectivity index (χ1) is 8.89. The number of nitriles is 1. The monoisotopic (exact) mass is 287 g/mol. The molecule has 1 aromatic carbocycles. The van der Waals surface area contributed by atoms with Gasteiger partial charge in [0.1, 0.15) is 0 Å². The predicted octanol–water partition coefficient (Wildman–Crippen LogP) is 4.41. The average molecular weight is 288 g/mol. The molecule has 104 valence electrons. The molecular weight excluding hydrogens is 272 g/mol. The van der Waals surface area contributed by atoms with E-state index in [1.54, 1.807) is 0 Å². The number of rotatable bonds is 6. The highest BCUT2D eigenvalue weighted by Gasteiger charge is 2.17. The van der Waals surface area contributed by atoms with Crippen molar-refractivity contribution in [2.75, 3.05) is 6.61 Å². The topological polar surface area (TPSA) is 33.0 Å². The molecule has 0 radical (unpaired) electrons. The molecule has 0 unspecified atom stereocenters. The molecule has 2 nitrogen and oxygen atoms in total. The zero-order valence-corrected chi connectivity index (χ0v) is 11.7. The van der Waals surface area contributed by atoms with Gasteiger partial charge in [-0.1, -0.05) is 0 Å². The van der Waals surface area contributed by atoms with E-state index in [4.69, 9.17) is 21.6 Å². The van der Waals surface area contributed by atoms with Crippen molar-refractivity contribution in [2.24, 2.45) is 5.41 Å². The number of alkyl halides is 1. The van der Waals surface area contributed by atoms with Crippen molar-refractivity contribution in [3.63, 3.8) is 0 Å². The normalized spacial score (nSPS) is 11.2. The van der Waals surface area contributed by atoms with Crippen molar-refractivity contribution < 1.29 is 13.5 Å². The lowest BCUT2D eigenvalue weighted by Crippen LogP contribution is -2.10. The number of ether oxygens (including phenoxy) is 1. The van der Waals surface area contributed by atoms with Crippen LogP contribution in [0.25, 0.3) is 0 Å². The smallest absolute Gasteiger partial charge is 0.190 e. The van der Waals surface area contributed by atoms with E-state index in [9.17, 15) is 8.78 Å². The third-order valence-corrected chi connectivity index (χ3v) is 3.02. The highest BCUT2D eigenvalue weighted by molar-refractivity contribution is 6.17. The number of benzene rings is 1. The largest absolute Gasteiger partial charge is 0.488 e. The van der Waals surface area contributed by atoms with Crippen molar-refractivity contribution in [1.82, 2.24) is 0 Å². The van der Waals surface area contributed by atoms with Gasteiger partial charge in [0.15, 0.2) is 17.4 Å². The lowest BCUT2D eigenvalue weighted by atomic mass is 9.90. The van der Waals surface area contributed by atoms with Crippen molar-refractivity contribution in [2.45, 2.75) is 32.6 Å². The molecule has 19 heavy (non-hydrogen) atoms. The van der Waals surface area contributed by atoms with Crippen LogP contribution in [0.5, 0.6) is 5.75 Å². The number of hydrogen-bond donors (Lipinski definition) is 0. The minimum atomic E-state index is -0.754. The Kier molecular flexibility index (Phi) is 5.56. The lowest BCUT2D eigenvalue weighted by Gasteiger charge is -2.15. The second kappa shape index (κ2) is 6.72. The van der Waals surface area contributed by atoms with Gasteiger partial charge in [-0.25, -0.2) is 8.78 Å². The molecule has 0 fully saturated rings. The van der Waals surface area contributed by atoms with Gasteiger partial charge in [-0.3, -0.25) is 0 Å². The Morgan fingerprint density at radius 2 is 1.89 bits per heavy atom. The average Bonchev–Trinajstić information content (AvgIpc) is 2.36. The van der Waals surface area contributed by atoms with E-state index in [1.165, 1.54) is 0 Å². The maximum atomic E-state index is 13.5. The SMILES string of the molecule is CC(C)(C#N)CCCOc1c(F)cc(CCl)cc1F. The molecule has 0 aliphatic carbocycles. The molecule has 0 aromatic heterocycles. The Labute approximate surface area is 116 Å². The first-order valence-electron chi connectivity index (χ1n) is 5.97. The first kappa shape index (κ1) is 15.7. The molecule has 0 saturated heterocycles. The summed E-state index contributed by atoms with van der Waals surface area (Å²) >= 11 is 5.51. The maximum Gasteiger partial charge on any atom is 0.190 e. The molecule has 0 N–H and O–H groups in total. The van der Waals surface area contributed by atoms with E-state index in [0.717, 1.165) is 12.1 Å². The minimum absolute atomic E-state index is 0.0461. The molecule has 0 heterocycles. The Morgan fingerprint density at radius 3 is 2.37 bits per heavy atom. The van der Waals surface area contributed by atoms with E-state index >= 15 is 0 Å². The van der Waals surface area contributed by atoms with Crippen LogP contribution in [0.15, 0.2) is 12.1 Å². The van der Waals surface area contributed by atoms with Crippen LogP contribution in [0.4, 0.5) is 8.78 Å². The molecule has 1 rings (SSSR count). The standard InChI is InChI=1S/C14H16ClF2NO/c1-14(2,9-18)4-3-5-19-13-11(16)6-10(8-15)7-12(13)17/h6-7H,3-5,8H2,1-2H3. The molecule has 5 heteroatoms. The number of nitrogens with zero attached hydrogens (tertiary/aromatic N) is 1. The van der Waals surface area contributed by atoms with Crippen LogP contribution in [0.1, 0.15) is 32.3 Å². The maximum absolute atomic E-state index is 13.5. The van der Waals surface area contributed by atoms with Gasteiger partial charge in [-0.15, -0.1) is 11.6 Å². The number of hydrogen-bond acceptors (Lipinski definition) is 2. The molecule has 1 aromatic rings. The summed E-state index contributed by atoms with van der Waals surface area (Å²) in [6, 6.07) is 4.47. The van der Waals surface area contributed by atoms with E-state index in [2.05, 4.69) is 6.07 Å². The summed E-state index contributed by atoms with van der Waals surface area (Å²) < 4.78 is 32.2. The van der Waals surface area contributed by atoms with Gasteiger partial charge in [0.2, 0.25) is 0 Å². The molecule has 0 spiro atoms. The molecule has 0 atom stereocenters. The highest BCUT2D eigenvalue weighted by atomic mass is 35.5. The second-order valence-corrected chi connectivity index (χ2v) is 5.24. The van der Waals surface area contributed by atoms with Crippen LogP contribution in [0.3, 0.4) is 0 Å². The summed E-state index contributed by atoms with van der Waals surface area (Å²) in [5, 5.41) is 8.83. The Hall–Kier alpha value is -1.34. The second-order valence-electron chi connectivity index (χ2n) is 4.97. The van der Waals surface area contributed by atoms with Gasteiger partial charge < -0.3 is 4.74 Å². The zero-order valence-electron chi connectivity index (χ0n) is 11.0. The summed E-state index contributed by atoms with van der Waals surface area (Å²) in [6.07, 6.45) is 1.16. The first-order valence-corrected chi connectivity index (χ1v) is 6.51. The van der Waals surface area contributed by atoms with Gasteiger partial charge in [-0.05, 0) is 44.4 Å². The predicted molar refractivity (Wildman–Crippen MR) is 70.0 cm³/mol. The summed E-state index contributed by atoms with van der Waals surface area (Å²) in [6.45, 7) is 3.78. The van der Waals surface area contributed by atoms with Gasteiger partial charge in [0.25, 0.3) is 0 Å². The summed E-state index contributed by atoms with van der Waals surface area (Å²) in [5.74, 6) is -1.85. The van der Waals surface area contributed by atoms with Crippen molar-refractivity contribution in [3.8, 4) is 11.8 Å². The third kappa shape index (κ3) is 4.68. The fourth-order valence-corrected chi connectivity index (χ4v) is 1.73. The molecule has 0 aliphatic heterocycles. The zero-order chi connectivity index (χ0) is 14.5. The summed E-state index contributed by atoms with van der Waals surface area (Å²) in [4.78, 5) is 0. The fourth-order valence-electron chi connectivity index (χ4n) is 1.57. The van der Waals surface area contributed by atoms with Crippen LogP contribution in [0, 0.1) is 28.4 Å². The van der Waals surface area contributed by atoms with Gasteiger partial charge in [0, 0.05) is 5.88 Å². The summed E-state index contributed by atoms with van der Waals surface area (Å²) in [7, 11) is 0. The van der Waals surface area contributed by atoms with Crippen LogP contribution in [-0.2, 0) is 5.88 Å². The van der Waals surface area contributed by atoms with Crippen molar-refractivity contribution in [3.05, 3.63) is 29.3 Å². The molecule has 0 aliphatic rings. The lowest BCUT2D eigenvalue weighted by molar-refractivity contribution is 0.260. The molecule has 0 amide bonds. The van der Waals surface area contributed by atoms with Crippen molar-refractivity contribution in [1.29, 1.82) is 5.26 Å². The molecular formula is C14H16ClF2NO. The van der Waals surface area contributed by atoms with Crippen LogP contribution in [0.2, 0.25) is 0 Å². The van der Waals surface area contributed by atoms with E-state index in [-0.39, 0.29) is 18.2 Å². The van der Waals surface area contributed by atoms with Gasteiger partial charge in [0.05, 0.1) is 18.1 Å². The van der Waals surface area contributed by atoms with E-state index in [1.807, 2.05) is 13.8 Å². The molecule has 0 saturated carbocycles. The van der Waals surface area contributed by atoms with Crippen molar-refractivity contribution >= 4 is 11.6 Å². The Balaban J connectivity index is 2.57. The third-order valence-electron chi connectivity index (χ3n) is 2.71. The van der Waals surface area contributed by atoms with Crippen LogP contribution >= 0.6 is 11.6 Å². The van der Waals surface area contributed by atoms with Gasteiger partial charge >= 0.3 is 0 Å². The number of halogens is 3. The summed E-state index contributed by atoms with van der Waals surface area (Å²) in [5.41, 5.74) is -0.0854. The highest BCUT2D eigenvalue weighted by Crippen LogP contribution is 2.25. The van der Waals surface area contributed by atoms with Gasteiger partial charge in [-0.2, -0.15) is 5.26 Å². The van der Waals surface area contributed by atoms with Crippen LogP contribution < -0.4 is 4.74 Å².